The Morgan fingerprint density at radius 2 is 2.16 bits per heavy atom. The van der Waals surface area contributed by atoms with Crippen LogP contribution in [0.25, 0.3) is 11.0 Å². The molecule has 0 radical (unpaired) electrons. The van der Waals surface area contributed by atoms with E-state index in [9.17, 15) is 4.79 Å². The Morgan fingerprint density at radius 3 is 3.00 bits per heavy atom. The van der Waals surface area contributed by atoms with Crippen LogP contribution in [0.15, 0.2) is 35.7 Å². The van der Waals surface area contributed by atoms with Gasteiger partial charge in [-0.3, -0.25) is 4.79 Å². The van der Waals surface area contributed by atoms with Gasteiger partial charge in [0, 0.05) is 16.9 Å². The van der Waals surface area contributed by atoms with Crippen LogP contribution in [0.5, 0.6) is 5.75 Å². The molecule has 2 aromatic heterocycles. The first-order valence-electron chi connectivity index (χ1n) is 7.89. The molecule has 1 aromatic carbocycles. The third-order valence-electron chi connectivity index (χ3n) is 4.21. The second kappa shape index (κ2) is 7.04. The number of carbonyl (C=O) groups excluding carboxylic acids is 1. The van der Waals surface area contributed by atoms with Gasteiger partial charge in [-0.05, 0) is 23.6 Å². The molecule has 7 nitrogen and oxygen atoms in total. The smallest absolute Gasteiger partial charge is 0.259 e. The number of amides is 1. The Kier molecular flexibility index (Phi) is 4.62. The molecule has 3 heterocycles. The monoisotopic (exact) mass is 375 g/mol. The number of nitrogens with zero attached hydrogens (tertiary/aromatic N) is 2. The van der Waals surface area contributed by atoms with Gasteiger partial charge in [0.2, 0.25) is 0 Å². The lowest BCUT2D eigenvalue weighted by Gasteiger charge is -2.19. The van der Waals surface area contributed by atoms with Crippen molar-refractivity contribution in [2.24, 2.45) is 5.92 Å². The molecular weight excluding hydrogens is 358 g/mol. The zero-order valence-electron chi connectivity index (χ0n) is 13.4. The summed E-state index contributed by atoms with van der Waals surface area (Å²) >= 11 is 2.86. The number of hydrogen-bond acceptors (Lipinski definition) is 8. The topological polar surface area (TPSA) is 88.2 Å². The molecule has 3 N–H and O–H groups in total. The van der Waals surface area contributed by atoms with Crippen LogP contribution in [-0.2, 0) is 4.79 Å². The molecule has 0 aliphatic carbocycles. The predicted octanol–water partition coefficient (Wildman–Crippen LogP) is 2.06. The summed E-state index contributed by atoms with van der Waals surface area (Å²) in [5, 5.41) is 5.02. The summed E-state index contributed by atoms with van der Waals surface area (Å²) < 4.78 is 13.9. The zero-order chi connectivity index (χ0) is 17.2. The second-order valence-corrected chi connectivity index (χ2v) is 7.40. The van der Waals surface area contributed by atoms with Crippen LogP contribution in [0.1, 0.15) is 17.8 Å². The third kappa shape index (κ3) is 3.49. The Balaban J connectivity index is 1.31. The van der Waals surface area contributed by atoms with Crippen LogP contribution in [-0.4, -0.2) is 27.4 Å². The van der Waals surface area contributed by atoms with Crippen LogP contribution in [0, 0.1) is 5.92 Å². The molecule has 0 bridgehead atoms. The Morgan fingerprint density at radius 1 is 1.28 bits per heavy atom. The number of fused-ring (bicyclic) bond motifs is 1. The third-order valence-corrected chi connectivity index (χ3v) is 5.72. The van der Waals surface area contributed by atoms with Crippen molar-refractivity contribution in [2.45, 2.75) is 19.1 Å². The first-order valence-corrected chi connectivity index (χ1v) is 9.50. The van der Waals surface area contributed by atoms with Crippen molar-refractivity contribution in [2.75, 3.05) is 6.61 Å². The minimum atomic E-state index is -0.172. The van der Waals surface area contributed by atoms with Gasteiger partial charge in [-0.2, -0.15) is 8.75 Å². The molecule has 130 valence electrons. The number of hydrazine groups is 1. The van der Waals surface area contributed by atoms with Gasteiger partial charge in [0.05, 0.1) is 23.9 Å². The highest BCUT2D eigenvalue weighted by Crippen LogP contribution is 2.30. The molecule has 0 spiro atoms. The maximum Gasteiger partial charge on any atom is 0.259 e. The van der Waals surface area contributed by atoms with E-state index in [1.807, 2.05) is 12.1 Å². The lowest BCUT2D eigenvalue weighted by atomic mass is 10.00. The molecule has 0 saturated carbocycles. The minimum absolute atomic E-state index is 0.0440. The number of ether oxygens (including phenoxy) is 1. The van der Waals surface area contributed by atoms with Crippen LogP contribution in [0.4, 0.5) is 0 Å². The van der Waals surface area contributed by atoms with Crippen molar-refractivity contribution < 1.29 is 9.53 Å². The average Bonchev–Trinajstić information content (AvgIpc) is 3.34. The lowest BCUT2D eigenvalue weighted by molar-refractivity contribution is -0.124. The normalized spacial score (nSPS) is 23.0. The van der Waals surface area contributed by atoms with E-state index in [4.69, 9.17) is 4.74 Å². The maximum atomic E-state index is 12.2. The summed E-state index contributed by atoms with van der Waals surface area (Å²) in [6.45, 7) is 2.06. The lowest BCUT2D eigenvalue weighted by Crippen LogP contribution is -2.47. The van der Waals surface area contributed by atoms with E-state index >= 15 is 0 Å². The summed E-state index contributed by atoms with van der Waals surface area (Å²) in [4.78, 5) is 13.4. The fourth-order valence-electron chi connectivity index (χ4n) is 2.82. The molecule has 1 amide bonds. The van der Waals surface area contributed by atoms with Gasteiger partial charge in [0.1, 0.15) is 16.8 Å². The summed E-state index contributed by atoms with van der Waals surface area (Å²) in [7, 11) is 0. The van der Waals surface area contributed by atoms with Gasteiger partial charge in [-0.1, -0.05) is 13.0 Å². The van der Waals surface area contributed by atoms with Crippen molar-refractivity contribution in [3.8, 4) is 5.75 Å². The molecule has 3 atom stereocenters. The van der Waals surface area contributed by atoms with Gasteiger partial charge >= 0.3 is 0 Å². The van der Waals surface area contributed by atoms with Crippen molar-refractivity contribution in [3.05, 3.63) is 40.6 Å². The summed E-state index contributed by atoms with van der Waals surface area (Å²) in [5.74, 6) is 0.659. The van der Waals surface area contributed by atoms with Crippen LogP contribution in [0.3, 0.4) is 0 Å². The minimum Gasteiger partial charge on any atom is -0.484 e. The van der Waals surface area contributed by atoms with Crippen LogP contribution in [0.2, 0.25) is 0 Å². The van der Waals surface area contributed by atoms with E-state index in [0.717, 1.165) is 22.8 Å². The van der Waals surface area contributed by atoms with E-state index < -0.39 is 0 Å². The summed E-state index contributed by atoms with van der Waals surface area (Å²) in [6, 6.07) is 9.73. The zero-order valence-corrected chi connectivity index (χ0v) is 15.1. The number of rotatable bonds is 5. The standard InChI is InChI=1S/C16H17N5O2S2/c1-9-15(13-3-2-6-24-13)18-19-16(9)17-14(22)8-23-10-4-5-11-12(7-10)21-25-20-11/h2-7,9,15-16,18-19H,8H2,1H3,(H,17,22). The van der Waals surface area contributed by atoms with E-state index in [2.05, 4.69) is 43.3 Å². The number of nitrogens with one attached hydrogen (secondary N) is 3. The summed E-state index contributed by atoms with van der Waals surface area (Å²) in [5.41, 5.74) is 8.00. The largest absolute Gasteiger partial charge is 0.484 e. The first kappa shape index (κ1) is 16.4. The predicted molar refractivity (Wildman–Crippen MR) is 97.3 cm³/mol. The summed E-state index contributed by atoms with van der Waals surface area (Å²) in [6.07, 6.45) is -0.145. The fourth-order valence-corrected chi connectivity index (χ4v) is 4.23. The number of thiophene rings is 1. The molecular formula is C16H17N5O2S2. The van der Waals surface area contributed by atoms with Crippen LogP contribution >= 0.6 is 23.1 Å². The van der Waals surface area contributed by atoms with Gasteiger partial charge in [-0.15, -0.1) is 11.3 Å². The number of hydrogen-bond donors (Lipinski definition) is 3. The quantitative estimate of drug-likeness (QED) is 0.633. The Labute approximate surface area is 152 Å². The molecule has 3 aromatic rings. The van der Waals surface area contributed by atoms with E-state index in [1.54, 1.807) is 23.5 Å². The van der Waals surface area contributed by atoms with Crippen molar-refractivity contribution in [1.29, 1.82) is 0 Å². The molecule has 1 saturated heterocycles. The van der Waals surface area contributed by atoms with E-state index in [1.165, 1.54) is 4.88 Å². The molecule has 9 heteroatoms. The molecule has 1 fully saturated rings. The highest BCUT2D eigenvalue weighted by Gasteiger charge is 2.34. The molecule has 4 rings (SSSR count). The molecule has 25 heavy (non-hydrogen) atoms. The number of carbonyl (C=O) groups is 1. The van der Waals surface area contributed by atoms with Gasteiger partial charge in [0.25, 0.3) is 5.91 Å². The Bertz CT molecular complexity index is 866. The van der Waals surface area contributed by atoms with Gasteiger partial charge in [-0.25, -0.2) is 10.9 Å². The highest BCUT2D eigenvalue weighted by atomic mass is 32.1. The number of aromatic nitrogens is 2. The van der Waals surface area contributed by atoms with Crippen molar-refractivity contribution >= 4 is 40.0 Å². The van der Waals surface area contributed by atoms with E-state index in [-0.39, 0.29) is 30.6 Å². The highest BCUT2D eigenvalue weighted by molar-refractivity contribution is 7.10. The van der Waals surface area contributed by atoms with Crippen LogP contribution < -0.4 is 20.9 Å². The van der Waals surface area contributed by atoms with Crippen molar-refractivity contribution in [1.82, 2.24) is 24.9 Å². The van der Waals surface area contributed by atoms with Gasteiger partial charge in [0.15, 0.2) is 6.61 Å². The second-order valence-electron chi connectivity index (χ2n) is 5.89. The molecule has 3 unspecified atom stereocenters. The first-order chi connectivity index (χ1) is 12.2. The molecule has 1 aliphatic heterocycles. The van der Waals surface area contributed by atoms with Crippen molar-refractivity contribution in [3.63, 3.8) is 0 Å². The average molecular weight is 375 g/mol. The Hall–Kier alpha value is -2.07. The van der Waals surface area contributed by atoms with E-state index in [0.29, 0.717) is 5.75 Å². The SMILES string of the molecule is CC1C(NC(=O)COc2ccc3nsnc3c2)NNC1c1cccs1. The molecule has 1 aliphatic rings. The maximum absolute atomic E-state index is 12.2. The number of benzene rings is 1. The fraction of sp³-hybridized carbons (Fsp3) is 0.312. The van der Waals surface area contributed by atoms with Gasteiger partial charge < -0.3 is 10.1 Å².